The third-order valence-corrected chi connectivity index (χ3v) is 6.28. The van der Waals surface area contributed by atoms with Crippen LogP contribution in [-0.4, -0.2) is 43.5 Å². The van der Waals surface area contributed by atoms with Crippen molar-refractivity contribution in [1.82, 2.24) is 14.5 Å². The number of carbonyl (C=O) groups excluding carboxylic acids is 1. The molecule has 4 heterocycles. The fraction of sp³-hybridized carbons (Fsp3) is 0.471. The van der Waals surface area contributed by atoms with Gasteiger partial charge < -0.3 is 14.6 Å². The highest BCUT2D eigenvalue weighted by Crippen LogP contribution is 2.43. The van der Waals surface area contributed by atoms with Gasteiger partial charge in [-0.3, -0.25) is 4.79 Å². The number of nitrogens with zero attached hydrogens (tertiary/aromatic N) is 3. The Morgan fingerprint density at radius 1 is 1.21 bits per heavy atom. The fourth-order valence-electron chi connectivity index (χ4n) is 4.18. The maximum atomic E-state index is 12.9. The standard InChI is InChI=1S/C17H19N3O3S/c1-19-7-6-18-15(19)10-8-11-2-3-12(9-10)20(11)16(21)13-4-5-14(24-13)17(22)23/h4-7,10-12H,2-3,8-9H2,1H3,(H,22,23)/t10?,11-,12+. The van der Waals surface area contributed by atoms with Crippen LogP contribution in [-0.2, 0) is 7.05 Å². The molecule has 3 atom stereocenters. The predicted molar refractivity (Wildman–Crippen MR) is 89.4 cm³/mol. The minimum Gasteiger partial charge on any atom is -0.477 e. The Morgan fingerprint density at radius 2 is 1.88 bits per heavy atom. The number of thiophene rings is 1. The lowest BCUT2D eigenvalue weighted by molar-refractivity contribution is 0.0571. The number of carbonyl (C=O) groups is 2. The van der Waals surface area contributed by atoms with Gasteiger partial charge in [-0.2, -0.15) is 0 Å². The summed E-state index contributed by atoms with van der Waals surface area (Å²) >= 11 is 1.07. The highest BCUT2D eigenvalue weighted by molar-refractivity contribution is 7.15. The highest BCUT2D eigenvalue weighted by atomic mass is 32.1. The molecule has 0 aromatic carbocycles. The molecule has 6 nitrogen and oxygen atoms in total. The first-order valence-corrected chi connectivity index (χ1v) is 8.99. The average Bonchev–Trinajstić information content (AvgIpc) is 3.25. The highest BCUT2D eigenvalue weighted by Gasteiger charge is 2.44. The van der Waals surface area contributed by atoms with E-state index in [1.165, 1.54) is 6.07 Å². The molecule has 2 aromatic rings. The summed E-state index contributed by atoms with van der Waals surface area (Å²) in [6.07, 6.45) is 7.71. The van der Waals surface area contributed by atoms with Crippen LogP contribution in [0.2, 0.25) is 0 Å². The molecule has 0 aliphatic carbocycles. The van der Waals surface area contributed by atoms with Crippen LogP contribution in [0, 0.1) is 0 Å². The first-order valence-electron chi connectivity index (χ1n) is 8.17. The molecule has 1 unspecified atom stereocenters. The van der Waals surface area contributed by atoms with Crippen molar-refractivity contribution in [3.63, 3.8) is 0 Å². The monoisotopic (exact) mass is 345 g/mol. The molecule has 24 heavy (non-hydrogen) atoms. The van der Waals surface area contributed by atoms with Crippen molar-refractivity contribution in [3.05, 3.63) is 40.1 Å². The van der Waals surface area contributed by atoms with E-state index in [2.05, 4.69) is 9.55 Å². The summed E-state index contributed by atoms with van der Waals surface area (Å²) in [4.78, 5) is 31.1. The number of rotatable bonds is 3. The smallest absolute Gasteiger partial charge is 0.345 e. The zero-order chi connectivity index (χ0) is 16.8. The van der Waals surface area contributed by atoms with Gasteiger partial charge in [-0.1, -0.05) is 0 Å². The van der Waals surface area contributed by atoms with Crippen molar-refractivity contribution in [2.75, 3.05) is 0 Å². The van der Waals surface area contributed by atoms with Crippen LogP contribution in [0.1, 0.15) is 56.8 Å². The SMILES string of the molecule is Cn1ccnc1C1C[C@H]2CC[C@@H](C1)N2C(=O)c1ccc(C(=O)O)s1. The van der Waals surface area contributed by atoms with Gasteiger partial charge in [0.1, 0.15) is 10.7 Å². The molecule has 2 aliphatic heterocycles. The van der Waals surface area contributed by atoms with Crippen molar-refractivity contribution < 1.29 is 14.7 Å². The van der Waals surface area contributed by atoms with Crippen LogP contribution in [0.3, 0.4) is 0 Å². The third kappa shape index (κ3) is 2.43. The third-order valence-electron chi connectivity index (χ3n) is 5.22. The molecule has 1 N–H and O–H groups in total. The van der Waals surface area contributed by atoms with Crippen LogP contribution in [0.4, 0.5) is 0 Å². The summed E-state index contributed by atoms with van der Waals surface area (Å²) in [6.45, 7) is 0. The number of aryl methyl sites for hydroxylation is 1. The Bertz CT molecular complexity index is 783. The van der Waals surface area contributed by atoms with Crippen LogP contribution in [0.5, 0.6) is 0 Å². The van der Waals surface area contributed by atoms with Crippen molar-refractivity contribution in [1.29, 1.82) is 0 Å². The van der Waals surface area contributed by atoms with E-state index in [0.29, 0.717) is 10.8 Å². The molecule has 2 bridgehead atoms. The van der Waals surface area contributed by atoms with Gasteiger partial charge in [-0.05, 0) is 37.8 Å². The number of hydrogen-bond acceptors (Lipinski definition) is 4. The van der Waals surface area contributed by atoms with Crippen molar-refractivity contribution >= 4 is 23.2 Å². The minimum absolute atomic E-state index is 0.0155. The van der Waals surface area contributed by atoms with Gasteiger partial charge in [-0.15, -0.1) is 11.3 Å². The molecule has 2 saturated heterocycles. The molecule has 2 aromatic heterocycles. The van der Waals surface area contributed by atoms with Crippen LogP contribution >= 0.6 is 11.3 Å². The number of carboxylic acid groups (broad SMARTS) is 1. The lowest BCUT2D eigenvalue weighted by atomic mass is 9.89. The summed E-state index contributed by atoms with van der Waals surface area (Å²) in [5.74, 6) is 0.501. The second-order valence-corrected chi connectivity index (χ2v) is 7.71. The molecule has 4 rings (SSSR count). The van der Waals surface area contributed by atoms with E-state index in [0.717, 1.165) is 42.8 Å². The predicted octanol–water partition coefficient (Wildman–Crippen LogP) is 2.73. The average molecular weight is 345 g/mol. The van der Waals surface area contributed by atoms with E-state index in [4.69, 9.17) is 5.11 Å². The molecule has 2 fully saturated rings. The van der Waals surface area contributed by atoms with Gasteiger partial charge in [0.2, 0.25) is 0 Å². The summed E-state index contributed by atoms with van der Waals surface area (Å²) in [5, 5.41) is 9.05. The number of piperidine rings is 1. The Morgan fingerprint density at radius 3 is 2.42 bits per heavy atom. The van der Waals surface area contributed by atoms with Crippen LogP contribution < -0.4 is 0 Å². The van der Waals surface area contributed by atoms with Gasteiger partial charge in [0.15, 0.2) is 0 Å². The fourth-order valence-corrected chi connectivity index (χ4v) is 4.97. The summed E-state index contributed by atoms with van der Waals surface area (Å²) in [6, 6.07) is 3.62. The van der Waals surface area contributed by atoms with Crippen molar-refractivity contribution in [2.24, 2.45) is 7.05 Å². The molecule has 2 aliphatic rings. The molecule has 0 saturated carbocycles. The zero-order valence-electron chi connectivity index (χ0n) is 13.4. The molecule has 0 radical (unpaired) electrons. The minimum atomic E-state index is -0.976. The second-order valence-electron chi connectivity index (χ2n) is 6.63. The zero-order valence-corrected chi connectivity index (χ0v) is 14.2. The molecular formula is C17H19N3O3S. The Labute approximate surface area is 143 Å². The maximum Gasteiger partial charge on any atom is 0.345 e. The number of carboxylic acids is 1. The lowest BCUT2D eigenvalue weighted by Crippen LogP contribution is -2.46. The van der Waals surface area contributed by atoms with E-state index in [1.54, 1.807) is 6.07 Å². The van der Waals surface area contributed by atoms with Crippen molar-refractivity contribution in [3.8, 4) is 0 Å². The lowest BCUT2D eigenvalue weighted by Gasteiger charge is -2.38. The topological polar surface area (TPSA) is 75.4 Å². The summed E-state index contributed by atoms with van der Waals surface area (Å²) in [5.41, 5.74) is 0. The maximum absolute atomic E-state index is 12.9. The first kappa shape index (κ1) is 15.4. The van der Waals surface area contributed by atoms with Crippen LogP contribution in [0.15, 0.2) is 24.5 Å². The number of fused-ring (bicyclic) bond motifs is 2. The van der Waals surface area contributed by atoms with Gasteiger partial charge in [0, 0.05) is 37.4 Å². The summed E-state index contributed by atoms with van der Waals surface area (Å²) in [7, 11) is 2.01. The van der Waals surface area contributed by atoms with E-state index < -0.39 is 5.97 Å². The molecular weight excluding hydrogens is 326 g/mol. The Kier molecular flexibility index (Phi) is 3.68. The van der Waals surface area contributed by atoms with Gasteiger partial charge in [0.05, 0.1) is 4.88 Å². The largest absolute Gasteiger partial charge is 0.477 e. The van der Waals surface area contributed by atoms with E-state index >= 15 is 0 Å². The number of aromatic carboxylic acids is 1. The van der Waals surface area contributed by atoms with Crippen LogP contribution in [0.25, 0.3) is 0 Å². The molecule has 1 amide bonds. The number of hydrogen-bond donors (Lipinski definition) is 1. The first-order chi connectivity index (χ1) is 11.5. The van der Waals surface area contributed by atoms with E-state index in [-0.39, 0.29) is 22.9 Å². The molecule has 126 valence electrons. The van der Waals surface area contributed by atoms with E-state index in [1.807, 2.05) is 24.3 Å². The Hall–Kier alpha value is -2.15. The normalized spacial score (nSPS) is 25.9. The van der Waals surface area contributed by atoms with Crippen molar-refractivity contribution in [2.45, 2.75) is 43.7 Å². The molecule has 0 spiro atoms. The molecule has 7 heteroatoms. The van der Waals surface area contributed by atoms with E-state index in [9.17, 15) is 9.59 Å². The van der Waals surface area contributed by atoms with Gasteiger partial charge >= 0.3 is 5.97 Å². The Balaban J connectivity index is 1.54. The number of aromatic nitrogens is 2. The quantitative estimate of drug-likeness (QED) is 0.928. The number of imidazole rings is 1. The second kappa shape index (κ2) is 5.73. The van der Waals surface area contributed by atoms with Gasteiger partial charge in [-0.25, -0.2) is 9.78 Å². The number of amides is 1. The summed E-state index contributed by atoms with van der Waals surface area (Å²) < 4.78 is 2.07. The van der Waals surface area contributed by atoms with Gasteiger partial charge in [0.25, 0.3) is 5.91 Å².